The van der Waals surface area contributed by atoms with Crippen LogP contribution in [-0.2, 0) is 14.3 Å². The molecule has 1 saturated carbocycles. The van der Waals surface area contributed by atoms with Crippen molar-refractivity contribution in [2.45, 2.75) is 44.3 Å². The number of ether oxygens (including phenoxy) is 2. The Kier molecular flexibility index (Phi) is 4.81. The van der Waals surface area contributed by atoms with Crippen LogP contribution in [0.25, 0.3) is 0 Å². The summed E-state index contributed by atoms with van der Waals surface area (Å²) in [6, 6.07) is 0. The normalized spacial score (nSPS) is 30.6. The van der Waals surface area contributed by atoms with Crippen LogP contribution in [0.3, 0.4) is 0 Å². The molecule has 2 atom stereocenters. The van der Waals surface area contributed by atoms with Gasteiger partial charge in [-0.1, -0.05) is 19.3 Å². The van der Waals surface area contributed by atoms with E-state index in [-0.39, 0.29) is 23.5 Å². The molecule has 0 aromatic heterocycles. The zero-order valence-electron chi connectivity index (χ0n) is 12.1. The summed E-state index contributed by atoms with van der Waals surface area (Å²) in [5, 5.41) is 0. The van der Waals surface area contributed by atoms with Crippen molar-refractivity contribution in [3.63, 3.8) is 0 Å². The fraction of sp³-hybridized carbons (Fsp3) is 0.929. The Morgan fingerprint density at radius 3 is 2.11 bits per heavy atom. The van der Waals surface area contributed by atoms with Crippen LogP contribution in [0.1, 0.15) is 32.1 Å². The van der Waals surface area contributed by atoms with E-state index in [0.29, 0.717) is 19.6 Å². The van der Waals surface area contributed by atoms with E-state index in [1.54, 1.807) is 14.2 Å². The Balaban J connectivity index is 2.06. The zero-order chi connectivity index (χ0) is 13.9. The first-order valence-electron chi connectivity index (χ1n) is 7.22. The van der Waals surface area contributed by atoms with Gasteiger partial charge in [0.15, 0.2) is 0 Å². The van der Waals surface area contributed by atoms with Crippen molar-refractivity contribution in [1.29, 1.82) is 0 Å². The summed E-state index contributed by atoms with van der Waals surface area (Å²) in [4.78, 5) is 14.7. The Bertz CT molecular complexity index is 304. The second-order valence-electron chi connectivity index (χ2n) is 5.80. The van der Waals surface area contributed by atoms with E-state index < -0.39 is 0 Å². The lowest BCUT2D eigenvalue weighted by atomic mass is 9.73. The predicted octanol–water partition coefficient (Wildman–Crippen LogP) is 0.768. The van der Waals surface area contributed by atoms with Crippen LogP contribution >= 0.6 is 0 Å². The third-order valence-corrected chi connectivity index (χ3v) is 4.76. The number of hydrogen-bond donors (Lipinski definition) is 1. The molecule has 0 radical (unpaired) electrons. The molecule has 110 valence electrons. The van der Waals surface area contributed by atoms with Gasteiger partial charge in [-0.2, -0.15) is 0 Å². The molecule has 19 heavy (non-hydrogen) atoms. The van der Waals surface area contributed by atoms with Crippen molar-refractivity contribution in [1.82, 2.24) is 4.90 Å². The molecule has 1 heterocycles. The average molecular weight is 270 g/mol. The van der Waals surface area contributed by atoms with Crippen LogP contribution in [-0.4, -0.2) is 56.9 Å². The van der Waals surface area contributed by atoms with Crippen molar-refractivity contribution in [2.75, 3.05) is 33.9 Å². The quantitative estimate of drug-likeness (QED) is 0.819. The maximum Gasteiger partial charge on any atom is 0.230 e. The highest BCUT2D eigenvalue weighted by Crippen LogP contribution is 2.38. The van der Waals surface area contributed by atoms with Crippen LogP contribution in [0.4, 0.5) is 0 Å². The van der Waals surface area contributed by atoms with E-state index in [1.807, 2.05) is 4.90 Å². The van der Waals surface area contributed by atoms with Crippen molar-refractivity contribution in [2.24, 2.45) is 11.1 Å². The van der Waals surface area contributed by atoms with Gasteiger partial charge in [0.1, 0.15) is 12.2 Å². The predicted molar refractivity (Wildman–Crippen MR) is 72.7 cm³/mol. The number of amides is 1. The molecule has 1 aliphatic carbocycles. The van der Waals surface area contributed by atoms with Crippen molar-refractivity contribution < 1.29 is 14.3 Å². The van der Waals surface area contributed by atoms with Gasteiger partial charge in [-0.15, -0.1) is 0 Å². The van der Waals surface area contributed by atoms with E-state index in [1.165, 1.54) is 6.42 Å². The number of carbonyl (C=O) groups excluding carboxylic acids is 1. The van der Waals surface area contributed by atoms with Gasteiger partial charge in [0.05, 0.1) is 5.41 Å². The molecule has 2 aliphatic rings. The van der Waals surface area contributed by atoms with Gasteiger partial charge in [-0.25, -0.2) is 0 Å². The minimum Gasteiger partial charge on any atom is -0.377 e. The lowest BCUT2D eigenvalue weighted by Crippen LogP contribution is -2.48. The van der Waals surface area contributed by atoms with E-state index >= 15 is 0 Å². The second-order valence-corrected chi connectivity index (χ2v) is 5.80. The van der Waals surface area contributed by atoms with Gasteiger partial charge >= 0.3 is 0 Å². The highest BCUT2D eigenvalue weighted by atomic mass is 16.5. The number of rotatable bonds is 4. The van der Waals surface area contributed by atoms with Gasteiger partial charge in [-0.3, -0.25) is 4.79 Å². The maximum atomic E-state index is 12.8. The van der Waals surface area contributed by atoms with Crippen LogP contribution in [0.5, 0.6) is 0 Å². The molecule has 1 saturated heterocycles. The fourth-order valence-electron chi connectivity index (χ4n) is 3.43. The summed E-state index contributed by atoms with van der Waals surface area (Å²) in [5.41, 5.74) is 5.60. The molecule has 2 unspecified atom stereocenters. The monoisotopic (exact) mass is 270 g/mol. The van der Waals surface area contributed by atoms with Crippen molar-refractivity contribution in [3.05, 3.63) is 0 Å². The van der Waals surface area contributed by atoms with Crippen LogP contribution in [0.2, 0.25) is 0 Å². The van der Waals surface area contributed by atoms with Gasteiger partial charge in [0.2, 0.25) is 5.91 Å². The lowest BCUT2D eigenvalue weighted by Gasteiger charge is -2.37. The summed E-state index contributed by atoms with van der Waals surface area (Å²) < 4.78 is 10.8. The highest BCUT2D eigenvalue weighted by Gasteiger charge is 2.45. The maximum absolute atomic E-state index is 12.8. The third-order valence-electron chi connectivity index (χ3n) is 4.76. The molecule has 2 rings (SSSR count). The number of hydrogen-bond acceptors (Lipinski definition) is 4. The van der Waals surface area contributed by atoms with Crippen LogP contribution in [0.15, 0.2) is 0 Å². The van der Waals surface area contributed by atoms with E-state index in [0.717, 1.165) is 25.7 Å². The van der Waals surface area contributed by atoms with E-state index in [9.17, 15) is 4.79 Å². The van der Waals surface area contributed by atoms with Gasteiger partial charge < -0.3 is 20.1 Å². The Labute approximate surface area is 115 Å². The second kappa shape index (κ2) is 6.20. The smallest absolute Gasteiger partial charge is 0.230 e. The molecule has 0 bridgehead atoms. The Morgan fingerprint density at radius 2 is 1.68 bits per heavy atom. The number of carbonyl (C=O) groups is 1. The molecule has 2 fully saturated rings. The molecule has 5 nitrogen and oxygen atoms in total. The molecular weight excluding hydrogens is 244 g/mol. The first-order chi connectivity index (χ1) is 9.16. The van der Waals surface area contributed by atoms with Gasteiger partial charge in [-0.05, 0) is 12.8 Å². The SMILES string of the molecule is COC1CN(C(=O)C2(CN)CCCCC2)CC1OC. The topological polar surface area (TPSA) is 64.8 Å². The Hall–Kier alpha value is -0.650. The molecular formula is C14H26N2O3. The Morgan fingerprint density at radius 1 is 1.16 bits per heavy atom. The standard InChI is InChI=1S/C14H26N2O3/c1-18-11-8-16(9-12(11)19-2)13(17)14(10-15)6-4-3-5-7-14/h11-12H,3-10,15H2,1-2H3. The number of likely N-dealkylation sites (tertiary alicyclic amines) is 1. The number of nitrogens with two attached hydrogens (primary N) is 1. The van der Waals surface area contributed by atoms with Crippen LogP contribution < -0.4 is 5.73 Å². The van der Waals surface area contributed by atoms with Crippen molar-refractivity contribution in [3.8, 4) is 0 Å². The molecule has 0 aromatic rings. The number of nitrogens with zero attached hydrogens (tertiary/aromatic N) is 1. The summed E-state index contributed by atoms with van der Waals surface area (Å²) in [6.45, 7) is 1.70. The average Bonchev–Trinajstić information content (AvgIpc) is 2.90. The van der Waals surface area contributed by atoms with Gasteiger partial charge in [0.25, 0.3) is 0 Å². The summed E-state index contributed by atoms with van der Waals surface area (Å²) in [7, 11) is 3.34. The first kappa shape index (κ1) is 14.8. The molecule has 5 heteroatoms. The molecule has 1 aliphatic heterocycles. The lowest BCUT2D eigenvalue weighted by molar-refractivity contribution is -0.143. The zero-order valence-corrected chi connectivity index (χ0v) is 12.1. The summed E-state index contributed by atoms with van der Waals surface area (Å²) in [5.74, 6) is 0.205. The largest absolute Gasteiger partial charge is 0.377 e. The van der Waals surface area contributed by atoms with Gasteiger partial charge in [0, 0.05) is 33.9 Å². The highest BCUT2D eigenvalue weighted by molar-refractivity contribution is 5.83. The third kappa shape index (κ3) is 2.78. The van der Waals surface area contributed by atoms with E-state index in [4.69, 9.17) is 15.2 Å². The molecule has 0 spiro atoms. The molecule has 2 N–H and O–H groups in total. The summed E-state index contributed by atoms with van der Waals surface area (Å²) in [6.07, 6.45) is 5.24. The fourth-order valence-corrected chi connectivity index (χ4v) is 3.43. The number of methoxy groups -OCH3 is 2. The summed E-state index contributed by atoms with van der Waals surface area (Å²) >= 11 is 0. The first-order valence-corrected chi connectivity index (χ1v) is 7.22. The minimum atomic E-state index is -0.334. The van der Waals surface area contributed by atoms with Crippen LogP contribution in [0, 0.1) is 5.41 Å². The minimum absolute atomic E-state index is 0.0210. The molecule has 0 aromatic carbocycles. The molecule has 1 amide bonds. The van der Waals surface area contributed by atoms with E-state index in [2.05, 4.69) is 0 Å². The van der Waals surface area contributed by atoms with Crippen molar-refractivity contribution >= 4 is 5.91 Å².